The molecule has 1 heterocycles. The van der Waals surface area contributed by atoms with E-state index in [-0.39, 0.29) is 18.0 Å². The maximum Gasteiger partial charge on any atom is 0.409 e. The van der Waals surface area contributed by atoms with Gasteiger partial charge < -0.3 is 15.0 Å². The van der Waals surface area contributed by atoms with Crippen LogP contribution in [0, 0.1) is 0 Å². The number of amides is 2. The van der Waals surface area contributed by atoms with Gasteiger partial charge in [-0.05, 0) is 56.4 Å². The Balaban J connectivity index is 1.52. The molecule has 1 saturated heterocycles. The molecule has 2 aliphatic rings. The molecule has 1 aliphatic carbocycles. The molecule has 136 valence electrons. The first-order valence-electron chi connectivity index (χ1n) is 9.17. The van der Waals surface area contributed by atoms with E-state index >= 15 is 0 Å². The summed E-state index contributed by atoms with van der Waals surface area (Å²) in [6, 6.07) is 6.00. The van der Waals surface area contributed by atoms with Crippen LogP contribution in [-0.2, 0) is 22.4 Å². The van der Waals surface area contributed by atoms with Gasteiger partial charge in [-0.1, -0.05) is 6.07 Å². The molecule has 1 aromatic carbocycles. The first-order valence-corrected chi connectivity index (χ1v) is 9.17. The van der Waals surface area contributed by atoms with E-state index < -0.39 is 0 Å². The molecule has 25 heavy (non-hydrogen) atoms. The molecule has 1 atom stereocenters. The van der Waals surface area contributed by atoms with Crippen LogP contribution in [0.1, 0.15) is 31.4 Å². The van der Waals surface area contributed by atoms with Gasteiger partial charge in [0.25, 0.3) is 0 Å². The number of hydrogen-bond acceptors (Lipinski definition) is 4. The van der Waals surface area contributed by atoms with E-state index in [1.54, 1.807) is 11.8 Å². The highest BCUT2D eigenvalue weighted by Gasteiger charge is 2.28. The quantitative estimate of drug-likeness (QED) is 0.909. The topological polar surface area (TPSA) is 61.9 Å². The fourth-order valence-corrected chi connectivity index (χ4v) is 3.57. The highest BCUT2D eigenvalue weighted by atomic mass is 16.6. The lowest BCUT2D eigenvalue weighted by Gasteiger charge is -2.36. The summed E-state index contributed by atoms with van der Waals surface area (Å²) in [6.45, 7) is 6.65. The van der Waals surface area contributed by atoms with Gasteiger partial charge in [-0.15, -0.1) is 0 Å². The number of fused-ring (bicyclic) bond motifs is 1. The Morgan fingerprint density at radius 2 is 1.88 bits per heavy atom. The number of ether oxygens (including phenoxy) is 1. The summed E-state index contributed by atoms with van der Waals surface area (Å²) in [5.41, 5.74) is 3.64. The maximum absolute atomic E-state index is 12.6. The van der Waals surface area contributed by atoms with Crippen LogP contribution in [0.25, 0.3) is 0 Å². The van der Waals surface area contributed by atoms with Crippen LogP contribution in [0.3, 0.4) is 0 Å². The molecule has 0 saturated carbocycles. The Morgan fingerprint density at radius 1 is 1.16 bits per heavy atom. The van der Waals surface area contributed by atoms with Crippen molar-refractivity contribution in [3.8, 4) is 0 Å². The van der Waals surface area contributed by atoms with Crippen LogP contribution in [0.2, 0.25) is 0 Å². The van der Waals surface area contributed by atoms with Crippen molar-refractivity contribution in [2.24, 2.45) is 0 Å². The molecule has 2 amide bonds. The third-order valence-electron chi connectivity index (χ3n) is 5.13. The fourth-order valence-electron chi connectivity index (χ4n) is 3.57. The zero-order valence-electron chi connectivity index (χ0n) is 15.1. The minimum absolute atomic E-state index is 0.00234. The number of nitrogens with one attached hydrogen (secondary N) is 1. The number of benzene rings is 1. The van der Waals surface area contributed by atoms with E-state index in [0.29, 0.717) is 32.8 Å². The van der Waals surface area contributed by atoms with E-state index in [1.165, 1.54) is 17.5 Å². The zero-order chi connectivity index (χ0) is 17.8. The molecule has 1 N–H and O–H groups in total. The van der Waals surface area contributed by atoms with Gasteiger partial charge in [0.05, 0.1) is 12.6 Å². The van der Waals surface area contributed by atoms with Crippen molar-refractivity contribution < 1.29 is 14.3 Å². The van der Waals surface area contributed by atoms with Crippen molar-refractivity contribution in [2.75, 3.05) is 38.1 Å². The zero-order valence-corrected chi connectivity index (χ0v) is 15.1. The lowest BCUT2D eigenvalue weighted by molar-refractivity contribution is -0.121. The van der Waals surface area contributed by atoms with Gasteiger partial charge in [0.1, 0.15) is 0 Å². The van der Waals surface area contributed by atoms with Crippen LogP contribution in [0.4, 0.5) is 10.5 Å². The Morgan fingerprint density at radius 3 is 2.60 bits per heavy atom. The lowest BCUT2D eigenvalue weighted by atomic mass is 10.1. The van der Waals surface area contributed by atoms with Crippen molar-refractivity contribution >= 4 is 17.7 Å². The van der Waals surface area contributed by atoms with E-state index in [0.717, 1.165) is 18.5 Å². The van der Waals surface area contributed by atoms with Gasteiger partial charge >= 0.3 is 6.09 Å². The van der Waals surface area contributed by atoms with Gasteiger partial charge in [0.15, 0.2) is 0 Å². The normalized spacial score (nSPS) is 18.6. The summed E-state index contributed by atoms with van der Waals surface area (Å²) < 4.78 is 5.03. The molecule has 6 nitrogen and oxygen atoms in total. The van der Waals surface area contributed by atoms with Gasteiger partial charge in [-0.25, -0.2) is 4.79 Å². The van der Waals surface area contributed by atoms with Crippen LogP contribution < -0.4 is 5.32 Å². The number of carbonyl (C=O) groups is 2. The molecule has 1 aromatic rings. The number of nitrogens with zero attached hydrogens (tertiary/aromatic N) is 2. The summed E-state index contributed by atoms with van der Waals surface area (Å²) in [6.07, 6.45) is 3.18. The number of piperazine rings is 1. The Bertz CT molecular complexity index is 639. The van der Waals surface area contributed by atoms with Crippen molar-refractivity contribution in [2.45, 2.75) is 39.2 Å². The average molecular weight is 345 g/mol. The van der Waals surface area contributed by atoms with Crippen LogP contribution in [0.5, 0.6) is 0 Å². The van der Waals surface area contributed by atoms with Crippen LogP contribution in [-0.4, -0.2) is 60.6 Å². The number of aryl methyl sites for hydroxylation is 2. The highest BCUT2D eigenvalue weighted by molar-refractivity contribution is 5.94. The number of carbonyl (C=O) groups excluding carboxylic acids is 2. The Kier molecular flexibility index (Phi) is 5.58. The summed E-state index contributed by atoms with van der Waals surface area (Å²) in [5.74, 6) is 0.00234. The fraction of sp³-hybridized carbons (Fsp3) is 0.579. The summed E-state index contributed by atoms with van der Waals surface area (Å²) in [7, 11) is 0. The van der Waals surface area contributed by atoms with E-state index in [2.05, 4.69) is 22.3 Å². The minimum Gasteiger partial charge on any atom is -0.450 e. The summed E-state index contributed by atoms with van der Waals surface area (Å²) in [5, 5.41) is 3.04. The molecule has 3 rings (SSSR count). The number of rotatable bonds is 4. The largest absolute Gasteiger partial charge is 0.450 e. The molecular formula is C19H27N3O3. The number of hydrogen-bond donors (Lipinski definition) is 1. The summed E-state index contributed by atoms with van der Waals surface area (Å²) in [4.78, 5) is 28.1. The van der Waals surface area contributed by atoms with E-state index in [1.807, 2.05) is 13.0 Å². The molecule has 0 bridgehead atoms. The van der Waals surface area contributed by atoms with E-state index in [9.17, 15) is 9.59 Å². The molecule has 0 spiro atoms. The second kappa shape index (κ2) is 7.87. The Hall–Kier alpha value is -2.08. The molecule has 6 heteroatoms. The molecule has 0 radical (unpaired) electrons. The molecule has 0 unspecified atom stereocenters. The second-order valence-corrected chi connectivity index (χ2v) is 6.72. The van der Waals surface area contributed by atoms with Gasteiger partial charge in [0.2, 0.25) is 5.91 Å². The first kappa shape index (κ1) is 17.7. The lowest BCUT2D eigenvalue weighted by Crippen LogP contribution is -2.54. The monoisotopic (exact) mass is 345 g/mol. The standard InChI is InChI=1S/C19H27N3O3/c1-3-25-19(24)22-11-9-21(10-12-22)14(2)18(23)20-17-8-7-15-5-4-6-16(15)13-17/h7-8,13-14H,3-6,9-12H2,1-2H3,(H,20,23)/t14-/m1/s1. The second-order valence-electron chi connectivity index (χ2n) is 6.72. The first-order chi connectivity index (χ1) is 12.1. The van der Waals surface area contributed by atoms with Gasteiger partial charge in [0, 0.05) is 31.9 Å². The van der Waals surface area contributed by atoms with Crippen LogP contribution in [0.15, 0.2) is 18.2 Å². The average Bonchev–Trinajstić information content (AvgIpc) is 3.09. The van der Waals surface area contributed by atoms with E-state index in [4.69, 9.17) is 4.74 Å². The molecule has 0 aromatic heterocycles. The predicted octanol–water partition coefficient (Wildman–Crippen LogP) is 2.28. The predicted molar refractivity (Wildman–Crippen MR) is 96.7 cm³/mol. The van der Waals surface area contributed by atoms with Gasteiger partial charge in [-0.2, -0.15) is 0 Å². The Labute approximate surface area is 149 Å². The number of anilines is 1. The maximum atomic E-state index is 12.6. The van der Waals surface area contributed by atoms with Crippen molar-refractivity contribution in [3.05, 3.63) is 29.3 Å². The smallest absolute Gasteiger partial charge is 0.409 e. The molecule has 1 fully saturated rings. The SMILES string of the molecule is CCOC(=O)N1CCN([C@H](C)C(=O)Nc2ccc3c(c2)CCC3)CC1. The minimum atomic E-state index is -0.266. The van der Waals surface area contributed by atoms with Crippen molar-refractivity contribution in [3.63, 3.8) is 0 Å². The van der Waals surface area contributed by atoms with Gasteiger partial charge in [-0.3, -0.25) is 9.69 Å². The highest BCUT2D eigenvalue weighted by Crippen LogP contribution is 2.25. The molecular weight excluding hydrogens is 318 g/mol. The third kappa shape index (κ3) is 4.12. The van der Waals surface area contributed by atoms with Crippen LogP contribution >= 0.6 is 0 Å². The summed E-state index contributed by atoms with van der Waals surface area (Å²) >= 11 is 0. The molecule has 1 aliphatic heterocycles. The van der Waals surface area contributed by atoms with Crippen molar-refractivity contribution in [1.29, 1.82) is 0 Å². The third-order valence-corrected chi connectivity index (χ3v) is 5.13. The van der Waals surface area contributed by atoms with Crippen molar-refractivity contribution in [1.82, 2.24) is 9.80 Å².